The lowest BCUT2D eigenvalue weighted by molar-refractivity contribution is 0.713. The van der Waals surface area contributed by atoms with Gasteiger partial charge in [-0.3, -0.25) is 0 Å². The molecule has 1 N–H and O–H groups in total. The highest BCUT2D eigenvalue weighted by Gasteiger charge is 2.14. The van der Waals surface area contributed by atoms with E-state index >= 15 is 0 Å². The van der Waals surface area contributed by atoms with Crippen LogP contribution in [0.15, 0.2) is 23.8 Å². The first-order valence-electron chi connectivity index (χ1n) is 5.70. The summed E-state index contributed by atoms with van der Waals surface area (Å²) >= 11 is 7.75. The van der Waals surface area contributed by atoms with Crippen molar-refractivity contribution in [3.8, 4) is 0 Å². The number of aromatic nitrogens is 1. The third kappa shape index (κ3) is 2.10. The number of fused-ring (bicyclic) bond motifs is 1. The fourth-order valence-corrected chi connectivity index (χ4v) is 3.39. The molecular formula is C13H13ClN2S. The zero-order chi connectivity index (χ0) is 11.8. The number of benzene rings is 1. The van der Waals surface area contributed by atoms with E-state index in [2.05, 4.69) is 18.3 Å². The average molecular weight is 265 g/mol. The van der Waals surface area contributed by atoms with Crippen LogP contribution in [0.4, 0.5) is 0 Å². The summed E-state index contributed by atoms with van der Waals surface area (Å²) in [7, 11) is 0. The summed E-state index contributed by atoms with van der Waals surface area (Å²) in [6, 6.07) is 5.92. The van der Waals surface area contributed by atoms with Crippen molar-refractivity contribution in [1.82, 2.24) is 10.3 Å². The molecule has 2 nitrogen and oxygen atoms in total. The summed E-state index contributed by atoms with van der Waals surface area (Å²) in [5.74, 6) is 0. The monoisotopic (exact) mass is 264 g/mol. The molecule has 3 rings (SSSR count). The predicted molar refractivity (Wildman–Crippen MR) is 74.7 cm³/mol. The molecule has 0 aliphatic carbocycles. The second-order valence-corrected chi connectivity index (χ2v) is 5.78. The third-order valence-electron chi connectivity index (χ3n) is 3.06. The molecule has 0 radical (unpaired) electrons. The van der Waals surface area contributed by atoms with Crippen LogP contribution < -0.4 is 5.32 Å². The van der Waals surface area contributed by atoms with Gasteiger partial charge in [-0.2, -0.15) is 0 Å². The van der Waals surface area contributed by atoms with Crippen molar-refractivity contribution in [2.75, 3.05) is 13.1 Å². The van der Waals surface area contributed by atoms with Crippen molar-refractivity contribution in [2.45, 2.75) is 13.3 Å². The highest BCUT2D eigenvalue weighted by atomic mass is 35.5. The van der Waals surface area contributed by atoms with Crippen LogP contribution in [-0.4, -0.2) is 18.1 Å². The molecule has 1 aliphatic rings. The van der Waals surface area contributed by atoms with Gasteiger partial charge < -0.3 is 5.32 Å². The summed E-state index contributed by atoms with van der Waals surface area (Å²) in [5, 5.41) is 5.28. The Hall–Kier alpha value is -0.900. The number of hydrogen-bond donors (Lipinski definition) is 1. The Kier molecular flexibility index (Phi) is 2.90. The minimum absolute atomic E-state index is 0.755. The second kappa shape index (κ2) is 4.41. The Labute approximate surface area is 109 Å². The van der Waals surface area contributed by atoms with Crippen LogP contribution in [0.2, 0.25) is 5.02 Å². The van der Waals surface area contributed by atoms with Crippen LogP contribution in [0.1, 0.15) is 18.4 Å². The minimum Gasteiger partial charge on any atom is -0.313 e. The van der Waals surface area contributed by atoms with Gasteiger partial charge in [0.1, 0.15) is 5.01 Å². The zero-order valence-electron chi connectivity index (χ0n) is 9.59. The maximum atomic E-state index is 5.99. The molecular weight excluding hydrogens is 252 g/mol. The van der Waals surface area contributed by atoms with E-state index in [0.29, 0.717) is 0 Å². The molecule has 0 spiro atoms. The molecule has 2 aromatic rings. The first-order chi connectivity index (χ1) is 8.24. The molecule has 0 atom stereocenters. The van der Waals surface area contributed by atoms with Crippen molar-refractivity contribution in [3.05, 3.63) is 33.8 Å². The molecule has 1 aromatic heterocycles. The summed E-state index contributed by atoms with van der Waals surface area (Å²) in [5.41, 5.74) is 3.82. The number of nitrogens with one attached hydrogen (secondary N) is 1. The quantitative estimate of drug-likeness (QED) is 0.849. The number of hydrogen-bond acceptors (Lipinski definition) is 3. The van der Waals surface area contributed by atoms with Gasteiger partial charge >= 0.3 is 0 Å². The molecule has 0 bridgehead atoms. The molecule has 1 aliphatic heterocycles. The number of thiazole rings is 1. The Balaban J connectivity index is 2.12. The van der Waals surface area contributed by atoms with E-state index in [9.17, 15) is 0 Å². The molecule has 0 fully saturated rings. The first-order valence-corrected chi connectivity index (χ1v) is 6.89. The number of rotatable bonds is 1. The van der Waals surface area contributed by atoms with Gasteiger partial charge in [0, 0.05) is 11.6 Å². The van der Waals surface area contributed by atoms with Crippen molar-refractivity contribution in [3.63, 3.8) is 0 Å². The SMILES string of the molecule is CC1=C(c2nc3cc(Cl)ccc3s2)CCNC1. The van der Waals surface area contributed by atoms with E-state index in [0.717, 1.165) is 35.1 Å². The second-order valence-electron chi connectivity index (χ2n) is 4.32. The van der Waals surface area contributed by atoms with Crippen LogP contribution in [0.3, 0.4) is 0 Å². The van der Waals surface area contributed by atoms with Gasteiger partial charge in [0.15, 0.2) is 0 Å². The van der Waals surface area contributed by atoms with Gasteiger partial charge in [-0.05, 0) is 43.7 Å². The molecule has 2 heterocycles. The molecule has 1 aromatic carbocycles. The van der Waals surface area contributed by atoms with Crippen molar-refractivity contribution in [2.24, 2.45) is 0 Å². The van der Waals surface area contributed by atoms with Gasteiger partial charge in [-0.15, -0.1) is 11.3 Å². The van der Waals surface area contributed by atoms with Gasteiger partial charge in [-0.25, -0.2) is 4.98 Å². The van der Waals surface area contributed by atoms with E-state index in [1.807, 2.05) is 12.1 Å². The Bertz CT molecular complexity index is 600. The van der Waals surface area contributed by atoms with Crippen LogP contribution in [0.25, 0.3) is 15.8 Å². The largest absolute Gasteiger partial charge is 0.313 e. The van der Waals surface area contributed by atoms with E-state index in [1.165, 1.54) is 15.8 Å². The highest BCUT2D eigenvalue weighted by molar-refractivity contribution is 7.19. The smallest absolute Gasteiger partial charge is 0.120 e. The van der Waals surface area contributed by atoms with Gasteiger partial charge in [0.05, 0.1) is 10.2 Å². The van der Waals surface area contributed by atoms with E-state index in [1.54, 1.807) is 11.3 Å². The van der Waals surface area contributed by atoms with Gasteiger partial charge in [0.25, 0.3) is 0 Å². The number of nitrogens with zero attached hydrogens (tertiary/aromatic N) is 1. The average Bonchev–Trinajstić information content (AvgIpc) is 2.72. The third-order valence-corrected chi connectivity index (χ3v) is 4.40. The van der Waals surface area contributed by atoms with Crippen LogP contribution >= 0.6 is 22.9 Å². The lowest BCUT2D eigenvalue weighted by Gasteiger charge is -2.16. The lowest BCUT2D eigenvalue weighted by Crippen LogP contribution is -2.23. The topological polar surface area (TPSA) is 24.9 Å². The van der Waals surface area contributed by atoms with E-state index in [-0.39, 0.29) is 0 Å². The fourth-order valence-electron chi connectivity index (χ4n) is 2.13. The maximum Gasteiger partial charge on any atom is 0.120 e. The normalized spacial score (nSPS) is 16.8. The van der Waals surface area contributed by atoms with Crippen LogP contribution in [0, 0.1) is 0 Å². The Morgan fingerprint density at radius 2 is 2.29 bits per heavy atom. The zero-order valence-corrected chi connectivity index (χ0v) is 11.2. The molecule has 0 unspecified atom stereocenters. The van der Waals surface area contributed by atoms with Gasteiger partial charge in [-0.1, -0.05) is 17.2 Å². The molecule has 0 saturated carbocycles. The molecule has 4 heteroatoms. The summed E-state index contributed by atoms with van der Waals surface area (Å²) in [6.07, 6.45) is 1.07. The van der Waals surface area contributed by atoms with E-state index < -0.39 is 0 Å². The maximum absolute atomic E-state index is 5.99. The van der Waals surface area contributed by atoms with Crippen molar-refractivity contribution in [1.29, 1.82) is 0 Å². The standard InChI is InChI=1S/C13H13ClN2S/c1-8-7-15-5-4-10(8)13-16-11-6-9(14)2-3-12(11)17-13/h2-3,6,15H,4-5,7H2,1H3. The number of halogens is 1. The highest BCUT2D eigenvalue weighted by Crippen LogP contribution is 2.32. The Morgan fingerprint density at radius 1 is 1.41 bits per heavy atom. The summed E-state index contributed by atoms with van der Waals surface area (Å²) in [6.45, 7) is 4.20. The first kappa shape index (κ1) is 11.2. The van der Waals surface area contributed by atoms with Crippen molar-refractivity contribution >= 4 is 38.7 Å². The fraction of sp³-hybridized carbons (Fsp3) is 0.308. The van der Waals surface area contributed by atoms with Crippen LogP contribution in [0.5, 0.6) is 0 Å². The lowest BCUT2D eigenvalue weighted by atomic mass is 10.0. The van der Waals surface area contributed by atoms with Crippen molar-refractivity contribution < 1.29 is 0 Å². The van der Waals surface area contributed by atoms with Crippen LogP contribution in [-0.2, 0) is 0 Å². The Morgan fingerprint density at radius 3 is 3.12 bits per heavy atom. The minimum atomic E-state index is 0.755. The summed E-state index contributed by atoms with van der Waals surface area (Å²) < 4.78 is 1.21. The van der Waals surface area contributed by atoms with Gasteiger partial charge in [0.2, 0.25) is 0 Å². The predicted octanol–water partition coefficient (Wildman–Crippen LogP) is 3.72. The summed E-state index contributed by atoms with van der Waals surface area (Å²) in [4.78, 5) is 4.70. The molecule has 88 valence electrons. The molecule has 0 saturated heterocycles. The molecule has 0 amide bonds. The molecule has 17 heavy (non-hydrogen) atoms. The van der Waals surface area contributed by atoms with E-state index in [4.69, 9.17) is 16.6 Å².